The number of nitrogens with two attached hydrogens (primary N) is 1. The van der Waals surface area contributed by atoms with E-state index in [-0.39, 0.29) is 5.69 Å². The number of nitrogens with one attached hydrogen (secondary N) is 2. The SMILES string of the molecule is NC(=O)NNC(=O)c1conn1. The minimum atomic E-state index is -0.875. The number of carbonyl (C=O) groups is 2. The van der Waals surface area contributed by atoms with Gasteiger partial charge in [0.1, 0.15) is 0 Å². The van der Waals surface area contributed by atoms with Crippen molar-refractivity contribution in [1.82, 2.24) is 21.2 Å². The van der Waals surface area contributed by atoms with Gasteiger partial charge >= 0.3 is 6.03 Å². The molecule has 0 bridgehead atoms. The molecule has 1 rings (SSSR count). The summed E-state index contributed by atoms with van der Waals surface area (Å²) >= 11 is 0. The molecule has 3 amide bonds. The van der Waals surface area contributed by atoms with Crippen molar-refractivity contribution in [2.45, 2.75) is 0 Å². The summed E-state index contributed by atoms with van der Waals surface area (Å²) in [5.74, 6) is -0.657. The van der Waals surface area contributed by atoms with Crippen LogP contribution in [0.15, 0.2) is 10.8 Å². The van der Waals surface area contributed by atoms with Gasteiger partial charge in [-0.25, -0.2) is 10.2 Å². The number of rotatable bonds is 1. The van der Waals surface area contributed by atoms with Gasteiger partial charge in [-0.2, -0.15) is 0 Å². The van der Waals surface area contributed by atoms with Gasteiger partial charge in [0.25, 0.3) is 5.91 Å². The molecule has 4 N–H and O–H groups in total. The van der Waals surface area contributed by atoms with E-state index in [0.717, 1.165) is 6.26 Å². The van der Waals surface area contributed by atoms with E-state index >= 15 is 0 Å². The van der Waals surface area contributed by atoms with Gasteiger partial charge in [-0.05, 0) is 0 Å². The minimum Gasteiger partial charge on any atom is -0.350 e. The maximum absolute atomic E-state index is 10.9. The van der Waals surface area contributed by atoms with Crippen molar-refractivity contribution >= 4 is 11.9 Å². The molecular weight excluding hydrogens is 166 g/mol. The number of nitrogens with zero attached hydrogens (tertiary/aromatic N) is 2. The first-order valence-electron chi connectivity index (χ1n) is 2.83. The van der Waals surface area contributed by atoms with E-state index in [1.807, 2.05) is 10.9 Å². The molecule has 1 heterocycles. The van der Waals surface area contributed by atoms with Crippen LogP contribution in [0.25, 0.3) is 0 Å². The molecule has 8 heteroatoms. The third-order valence-electron chi connectivity index (χ3n) is 0.892. The number of aromatic nitrogens is 2. The van der Waals surface area contributed by atoms with Gasteiger partial charge < -0.3 is 10.3 Å². The Bertz CT molecular complexity index is 281. The van der Waals surface area contributed by atoms with Crippen LogP contribution in [0.1, 0.15) is 10.5 Å². The largest absolute Gasteiger partial charge is 0.350 e. The van der Waals surface area contributed by atoms with Gasteiger partial charge in [0.2, 0.25) is 0 Å². The maximum Gasteiger partial charge on any atom is 0.330 e. The van der Waals surface area contributed by atoms with Crippen molar-refractivity contribution in [2.24, 2.45) is 5.73 Å². The molecule has 0 aliphatic carbocycles. The van der Waals surface area contributed by atoms with Crippen LogP contribution in [0.3, 0.4) is 0 Å². The number of carbonyl (C=O) groups excluding carboxylic acids is 2. The molecule has 1 aromatic heterocycles. The fourth-order valence-electron chi connectivity index (χ4n) is 0.446. The van der Waals surface area contributed by atoms with Crippen LogP contribution in [0.2, 0.25) is 0 Å². The Labute approximate surface area is 66.0 Å². The Morgan fingerprint density at radius 2 is 2.25 bits per heavy atom. The first kappa shape index (κ1) is 7.98. The molecule has 0 saturated carbocycles. The van der Waals surface area contributed by atoms with E-state index in [2.05, 4.69) is 20.6 Å². The van der Waals surface area contributed by atoms with Crippen LogP contribution in [0, 0.1) is 0 Å². The van der Waals surface area contributed by atoms with E-state index in [0.29, 0.717) is 0 Å². The van der Waals surface area contributed by atoms with Crippen LogP contribution in [0.5, 0.6) is 0 Å². The Balaban J connectivity index is 2.45. The monoisotopic (exact) mass is 171 g/mol. The highest BCUT2D eigenvalue weighted by molar-refractivity contribution is 5.92. The highest BCUT2D eigenvalue weighted by atomic mass is 16.5. The van der Waals surface area contributed by atoms with Gasteiger partial charge in [0.15, 0.2) is 12.0 Å². The number of amides is 3. The fraction of sp³-hybridized carbons (Fsp3) is 0. The zero-order valence-electron chi connectivity index (χ0n) is 5.77. The first-order chi connectivity index (χ1) is 5.70. The lowest BCUT2D eigenvalue weighted by atomic mass is 10.5. The fourth-order valence-corrected chi connectivity index (χ4v) is 0.446. The molecule has 0 aliphatic heterocycles. The second kappa shape index (κ2) is 3.32. The molecule has 64 valence electrons. The van der Waals surface area contributed by atoms with Crippen LogP contribution in [-0.4, -0.2) is 22.3 Å². The summed E-state index contributed by atoms with van der Waals surface area (Å²) in [7, 11) is 0. The standard InChI is InChI=1S/C4H5N5O3/c5-4(11)8-7-3(10)2-1-12-9-6-2/h1H,(H,7,10)(H3,5,8,11). The molecule has 0 radical (unpaired) electrons. The molecule has 0 fully saturated rings. The zero-order chi connectivity index (χ0) is 8.97. The Hall–Kier alpha value is -2.12. The second-order valence-corrected chi connectivity index (χ2v) is 1.73. The number of primary amides is 1. The molecular formula is C4H5N5O3. The van der Waals surface area contributed by atoms with E-state index in [1.54, 1.807) is 0 Å². The first-order valence-corrected chi connectivity index (χ1v) is 2.83. The summed E-state index contributed by atoms with van der Waals surface area (Å²) in [6.07, 6.45) is 1.03. The molecule has 0 aliphatic rings. The topological polar surface area (TPSA) is 123 Å². The molecule has 8 nitrogen and oxygen atoms in total. The van der Waals surface area contributed by atoms with E-state index in [1.165, 1.54) is 0 Å². The predicted molar refractivity (Wildman–Crippen MR) is 34.5 cm³/mol. The summed E-state index contributed by atoms with van der Waals surface area (Å²) in [6, 6.07) is -0.875. The Morgan fingerprint density at radius 1 is 1.50 bits per heavy atom. The molecule has 0 spiro atoms. The van der Waals surface area contributed by atoms with E-state index < -0.39 is 11.9 Å². The lowest BCUT2D eigenvalue weighted by Crippen LogP contribution is -2.44. The maximum atomic E-state index is 10.9. The number of hydrogen-bond donors (Lipinski definition) is 3. The lowest BCUT2D eigenvalue weighted by molar-refractivity contribution is 0.0932. The summed E-state index contributed by atoms with van der Waals surface area (Å²) in [5.41, 5.74) is 8.44. The van der Waals surface area contributed by atoms with Crippen molar-refractivity contribution < 1.29 is 14.1 Å². The van der Waals surface area contributed by atoms with Crippen LogP contribution >= 0.6 is 0 Å². The third-order valence-corrected chi connectivity index (χ3v) is 0.892. The smallest absolute Gasteiger partial charge is 0.330 e. The van der Waals surface area contributed by atoms with Crippen LogP contribution < -0.4 is 16.6 Å². The van der Waals surface area contributed by atoms with Gasteiger partial charge in [0, 0.05) is 5.27 Å². The quantitative estimate of drug-likeness (QED) is 0.438. The lowest BCUT2D eigenvalue weighted by Gasteiger charge is -1.99. The third kappa shape index (κ3) is 1.94. The number of hydrazine groups is 1. The molecule has 0 unspecified atom stereocenters. The molecule has 0 atom stereocenters. The molecule has 12 heavy (non-hydrogen) atoms. The Morgan fingerprint density at radius 3 is 2.75 bits per heavy atom. The van der Waals surface area contributed by atoms with Gasteiger partial charge in [-0.15, -0.1) is 5.10 Å². The summed E-state index contributed by atoms with van der Waals surface area (Å²) in [6.45, 7) is 0. The van der Waals surface area contributed by atoms with Crippen LogP contribution in [-0.2, 0) is 0 Å². The van der Waals surface area contributed by atoms with Crippen molar-refractivity contribution in [2.75, 3.05) is 0 Å². The molecule has 0 saturated heterocycles. The predicted octanol–water partition coefficient (Wildman–Crippen LogP) is -1.62. The van der Waals surface area contributed by atoms with E-state index in [9.17, 15) is 9.59 Å². The highest BCUT2D eigenvalue weighted by Gasteiger charge is 2.08. The minimum absolute atomic E-state index is 0.0521. The summed E-state index contributed by atoms with van der Waals surface area (Å²) in [5, 5.41) is 6.31. The summed E-state index contributed by atoms with van der Waals surface area (Å²) < 4.78 is 4.28. The van der Waals surface area contributed by atoms with E-state index in [4.69, 9.17) is 0 Å². The van der Waals surface area contributed by atoms with Gasteiger partial charge in [-0.1, -0.05) is 0 Å². The summed E-state index contributed by atoms with van der Waals surface area (Å²) in [4.78, 5) is 21.0. The van der Waals surface area contributed by atoms with Crippen molar-refractivity contribution in [3.8, 4) is 0 Å². The zero-order valence-corrected chi connectivity index (χ0v) is 5.77. The Kier molecular flexibility index (Phi) is 2.21. The van der Waals surface area contributed by atoms with Crippen molar-refractivity contribution in [3.05, 3.63) is 12.0 Å². The van der Waals surface area contributed by atoms with Crippen molar-refractivity contribution in [1.29, 1.82) is 0 Å². The van der Waals surface area contributed by atoms with Gasteiger partial charge in [0.05, 0.1) is 0 Å². The molecule has 0 aromatic carbocycles. The van der Waals surface area contributed by atoms with Crippen LogP contribution in [0.4, 0.5) is 4.79 Å². The number of urea groups is 1. The second-order valence-electron chi connectivity index (χ2n) is 1.73. The number of hydrogen-bond acceptors (Lipinski definition) is 5. The molecule has 1 aromatic rings. The average Bonchev–Trinajstić information content (AvgIpc) is 2.51. The van der Waals surface area contributed by atoms with Crippen molar-refractivity contribution in [3.63, 3.8) is 0 Å². The van der Waals surface area contributed by atoms with Gasteiger partial charge in [-0.3, -0.25) is 10.2 Å². The average molecular weight is 171 g/mol. The highest BCUT2D eigenvalue weighted by Crippen LogP contribution is 1.88. The normalized spacial score (nSPS) is 9.00.